The lowest BCUT2D eigenvalue weighted by Gasteiger charge is -2.37. The van der Waals surface area contributed by atoms with E-state index < -0.39 is 40.6 Å². The minimum Gasteiger partial charge on any atom is -0.508 e. The first-order valence-electron chi connectivity index (χ1n) is 11.5. The van der Waals surface area contributed by atoms with Crippen LogP contribution in [0.4, 0.5) is 0 Å². The van der Waals surface area contributed by atoms with Gasteiger partial charge in [-0.05, 0) is 50.7 Å². The third kappa shape index (κ3) is 2.98. The van der Waals surface area contributed by atoms with Gasteiger partial charge in [-0.3, -0.25) is 0 Å². The van der Waals surface area contributed by atoms with Gasteiger partial charge in [-0.2, -0.15) is 0 Å². The van der Waals surface area contributed by atoms with Crippen molar-refractivity contribution in [2.75, 3.05) is 0 Å². The fraction of sp³-hybridized carbons (Fsp3) is 0.0667. The molecule has 0 heterocycles. The Hall–Kier alpha value is -4.84. The molecule has 0 saturated carbocycles. The highest BCUT2D eigenvalue weighted by molar-refractivity contribution is 6.01. The highest BCUT2D eigenvalue weighted by atomic mass is 16.4. The maximum atomic E-state index is 10.8. The number of phenols is 6. The Morgan fingerprint density at radius 2 is 1.28 bits per heavy atom. The third-order valence-electron chi connectivity index (χ3n) is 7.11. The molecule has 6 heteroatoms. The SMILES string of the molecule is Oc1cc(C2=C3C=CC=CC3C(c3c(O)c(O)c(O)c(O)c3O)c3ccccc32)c2ccccc2c1. The van der Waals surface area contributed by atoms with E-state index in [1.54, 1.807) is 12.1 Å². The Kier molecular flexibility index (Phi) is 4.73. The minimum atomic E-state index is -0.986. The molecule has 4 aromatic rings. The van der Waals surface area contributed by atoms with Gasteiger partial charge >= 0.3 is 0 Å². The van der Waals surface area contributed by atoms with Gasteiger partial charge in [0, 0.05) is 11.8 Å². The molecule has 2 aliphatic rings. The molecule has 4 aromatic carbocycles. The molecule has 0 radical (unpaired) electrons. The largest absolute Gasteiger partial charge is 0.508 e. The van der Waals surface area contributed by atoms with E-state index in [4.69, 9.17) is 0 Å². The minimum absolute atomic E-state index is 0.0856. The second-order valence-electron chi connectivity index (χ2n) is 9.04. The van der Waals surface area contributed by atoms with Crippen LogP contribution in [0.2, 0.25) is 0 Å². The van der Waals surface area contributed by atoms with E-state index in [2.05, 4.69) is 0 Å². The van der Waals surface area contributed by atoms with Crippen LogP contribution >= 0.6 is 0 Å². The number of hydrogen-bond acceptors (Lipinski definition) is 6. The maximum Gasteiger partial charge on any atom is 0.208 e. The molecule has 2 unspecified atom stereocenters. The molecule has 0 fully saturated rings. The van der Waals surface area contributed by atoms with E-state index in [0.29, 0.717) is 0 Å². The summed E-state index contributed by atoms with van der Waals surface area (Å²) in [6.45, 7) is 0. The lowest BCUT2D eigenvalue weighted by molar-refractivity contribution is 0.321. The average molecular weight is 479 g/mol. The second kappa shape index (κ2) is 7.85. The molecule has 0 spiro atoms. The standard InChI is InChI=1S/C30H22O6/c31-16-13-15-7-1-2-8-17(15)22(14-16)23-18-9-3-5-11-20(18)24(21-12-6-4-10-19(21)23)25-26(32)28(34)30(36)29(35)27(25)33/h1-14,20,24,31-36H. The van der Waals surface area contributed by atoms with Crippen LogP contribution in [0.15, 0.2) is 90.5 Å². The fourth-order valence-electron chi connectivity index (χ4n) is 5.58. The van der Waals surface area contributed by atoms with E-state index in [-0.39, 0.29) is 11.3 Å². The Morgan fingerprint density at radius 3 is 2.06 bits per heavy atom. The van der Waals surface area contributed by atoms with Gasteiger partial charge in [-0.25, -0.2) is 0 Å². The van der Waals surface area contributed by atoms with Crippen LogP contribution in [0.25, 0.3) is 16.3 Å². The van der Waals surface area contributed by atoms with Crippen molar-refractivity contribution < 1.29 is 30.6 Å². The van der Waals surface area contributed by atoms with Crippen LogP contribution in [-0.4, -0.2) is 30.6 Å². The van der Waals surface area contributed by atoms with Crippen LogP contribution in [0, 0.1) is 5.92 Å². The summed E-state index contributed by atoms with van der Waals surface area (Å²) < 4.78 is 0. The summed E-state index contributed by atoms with van der Waals surface area (Å²) >= 11 is 0. The number of phenolic OH excluding ortho intramolecular Hbond substituents is 6. The molecule has 178 valence electrons. The van der Waals surface area contributed by atoms with Crippen molar-refractivity contribution in [2.24, 2.45) is 5.92 Å². The summed E-state index contributed by atoms with van der Waals surface area (Å²) in [4.78, 5) is 0. The molecule has 0 amide bonds. The lowest BCUT2D eigenvalue weighted by atomic mass is 9.66. The zero-order valence-corrected chi connectivity index (χ0v) is 18.9. The van der Waals surface area contributed by atoms with Gasteiger partial charge in [-0.15, -0.1) is 0 Å². The number of benzene rings is 4. The van der Waals surface area contributed by atoms with Crippen molar-refractivity contribution in [2.45, 2.75) is 5.92 Å². The molecule has 0 bridgehead atoms. The quantitative estimate of drug-likeness (QED) is 0.161. The fourth-order valence-corrected chi connectivity index (χ4v) is 5.58. The van der Waals surface area contributed by atoms with Crippen LogP contribution in [0.1, 0.15) is 28.2 Å². The van der Waals surface area contributed by atoms with Crippen molar-refractivity contribution >= 4 is 16.3 Å². The summed E-state index contributed by atoms with van der Waals surface area (Å²) in [6, 6.07) is 18.8. The number of aromatic hydroxyl groups is 6. The van der Waals surface area contributed by atoms with Crippen molar-refractivity contribution in [3.05, 3.63) is 113 Å². The lowest BCUT2D eigenvalue weighted by Crippen LogP contribution is -2.23. The van der Waals surface area contributed by atoms with Crippen molar-refractivity contribution in [1.82, 2.24) is 0 Å². The first-order valence-corrected chi connectivity index (χ1v) is 11.5. The first-order chi connectivity index (χ1) is 17.4. The molecule has 6 N–H and O–H groups in total. The molecule has 2 aliphatic carbocycles. The second-order valence-corrected chi connectivity index (χ2v) is 9.04. The van der Waals surface area contributed by atoms with Crippen LogP contribution in [-0.2, 0) is 0 Å². The monoisotopic (exact) mass is 478 g/mol. The highest BCUT2D eigenvalue weighted by Gasteiger charge is 2.40. The van der Waals surface area contributed by atoms with Gasteiger partial charge in [0.2, 0.25) is 17.2 Å². The molecular formula is C30H22O6. The van der Waals surface area contributed by atoms with Crippen molar-refractivity contribution in [3.8, 4) is 34.5 Å². The predicted molar refractivity (Wildman–Crippen MR) is 136 cm³/mol. The van der Waals surface area contributed by atoms with Gasteiger partial charge in [0.15, 0.2) is 11.5 Å². The zero-order chi connectivity index (χ0) is 25.1. The highest BCUT2D eigenvalue weighted by Crippen LogP contribution is 2.59. The normalized spacial score (nSPS) is 18.3. The van der Waals surface area contributed by atoms with E-state index in [0.717, 1.165) is 38.6 Å². The van der Waals surface area contributed by atoms with E-state index in [1.807, 2.05) is 72.8 Å². The van der Waals surface area contributed by atoms with Crippen LogP contribution in [0.3, 0.4) is 0 Å². The molecule has 6 nitrogen and oxygen atoms in total. The average Bonchev–Trinajstić information content (AvgIpc) is 2.90. The van der Waals surface area contributed by atoms with E-state index in [1.165, 1.54) is 0 Å². The van der Waals surface area contributed by atoms with Crippen LogP contribution < -0.4 is 0 Å². The Balaban J connectivity index is 1.71. The summed E-state index contributed by atoms with van der Waals surface area (Å²) in [6.07, 6.45) is 7.64. The topological polar surface area (TPSA) is 121 Å². The Bertz CT molecular complexity index is 1630. The summed E-state index contributed by atoms with van der Waals surface area (Å²) in [7, 11) is 0. The summed E-state index contributed by atoms with van der Waals surface area (Å²) in [5.74, 6) is -5.14. The smallest absolute Gasteiger partial charge is 0.208 e. The molecule has 0 saturated heterocycles. The van der Waals surface area contributed by atoms with Crippen LogP contribution in [0.5, 0.6) is 34.5 Å². The number of rotatable bonds is 2. The molecular weight excluding hydrogens is 456 g/mol. The Labute approximate surface area is 206 Å². The van der Waals surface area contributed by atoms with E-state index in [9.17, 15) is 30.6 Å². The van der Waals surface area contributed by atoms with E-state index >= 15 is 0 Å². The maximum absolute atomic E-state index is 10.8. The van der Waals surface area contributed by atoms with Gasteiger partial charge in [-0.1, -0.05) is 72.8 Å². The molecule has 0 aliphatic heterocycles. The summed E-state index contributed by atoms with van der Waals surface area (Å²) in [5, 5.41) is 64.7. The zero-order valence-electron chi connectivity index (χ0n) is 18.9. The summed E-state index contributed by atoms with van der Waals surface area (Å²) in [5.41, 5.74) is 4.08. The number of fused-ring (bicyclic) bond motifs is 3. The molecule has 2 atom stereocenters. The third-order valence-corrected chi connectivity index (χ3v) is 7.11. The van der Waals surface area contributed by atoms with Gasteiger partial charge < -0.3 is 30.6 Å². The van der Waals surface area contributed by atoms with Crippen molar-refractivity contribution in [3.63, 3.8) is 0 Å². The first kappa shape index (κ1) is 21.7. The van der Waals surface area contributed by atoms with Gasteiger partial charge in [0.25, 0.3) is 0 Å². The number of hydrogen-bond donors (Lipinski definition) is 6. The predicted octanol–water partition coefficient (Wildman–Crippen LogP) is 5.76. The Morgan fingerprint density at radius 1 is 0.611 bits per heavy atom. The molecule has 0 aromatic heterocycles. The molecule has 6 rings (SSSR count). The number of allylic oxidation sites excluding steroid dienone is 5. The van der Waals surface area contributed by atoms with Crippen molar-refractivity contribution in [1.29, 1.82) is 0 Å². The van der Waals surface area contributed by atoms with Gasteiger partial charge in [0.05, 0.1) is 5.56 Å². The molecule has 36 heavy (non-hydrogen) atoms. The van der Waals surface area contributed by atoms with Gasteiger partial charge in [0.1, 0.15) is 5.75 Å².